The predicted octanol–water partition coefficient (Wildman–Crippen LogP) is 6.47. The van der Waals surface area contributed by atoms with Gasteiger partial charge in [-0.15, -0.1) is 11.3 Å². The van der Waals surface area contributed by atoms with Gasteiger partial charge in [-0.05, 0) is 54.0 Å². The van der Waals surface area contributed by atoms with E-state index in [-0.39, 0.29) is 24.4 Å². The summed E-state index contributed by atoms with van der Waals surface area (Å²) in [4.78, 5) is 31.5. The fourth-order valence-corrected chi connectivity index (χ4v) is 4.41. The Morgan fingerprint density at radius 3 is 2.38 bits per heavy atom. The Hall–Kier alpha value is -3.12. The summed E-state index contributed by atoms with van der Waals surface area (Å²) >= 11 is 1.64. The minimum Gasteiger partial charge on any atom is -0.332 e. The molecule has 1 aromatic heterocycles. The molecule has 180 valence electrons. The van der Waals surface area contributed by atoms with Crippen LogP contribution in [-0.4, -0.2) is 34.8 Å². The average Bonchev–Trinajstić information content (AvgIpc) is 3.35. The number of carbonyl (C=O) groups is 2. The molecular weight excluding hydrogens is 442 g/mol. The number of anilines is 1. The molecule has 3 aromatic rings. The summed E-state index contributed by atoms with van der Waals surface area (Å²) in [5.41, 5.74) is 4.01. The van der Waals surface area contributed by atoms with Gasteiger partial charge in [0.1, 0.15) is 6.54 Å². The van der Waals surface area contributed by atoms with Crippen LogP contribution in [0, 0.1) is 19.8 Å². The van der Waals surface area contributed by atoms with E-state index in [1.54, 1.807) is 16.2 Å². The lowest BCUT2D eigenvalue weighted by Crippen LogP contribution is -2.45. The molecule has 0 aliphatic heterocycles. The first-order valence-electron chi connectivity index (χ1n) is 11.8. The molecule has 0 aliphatic carbocycles. The van der Waals surface area contributed by atoms with Crippen LogP contribution in [0.3, 0.4) is 0 Å². The zero-order valence-corrected chi connectivity index (χ0v) is 21.4. The fraction of sp³-hybridized carbons (Fsp3) is 0.357. The Labute approximate surface area is 207 Å². The van der Waals surface area contributed by atoms with E-state index in [4.69, 9.17) is 0 Å². The molecule has 0 bridgehead atoms. The molecule has 1 N–H and O–H groups in total. The molecule has 2 aromatic carbocycles. The van der Waals surface area contributed by atoms with Crippen LogP contribution < -0.4 is 5.32 Å². The Morgan fingerprint density at radius 1 is 0.941 bits per heavy atom. The first-order valence-corrected chi connectivity index (χ1v) is 12.7. The van der Waals surface area contributed by atoms with Gasteiger partial charge in [-0.1, -0.05) is 68.8 Å². The van der Waals surface area contributed by atoms with Crippen LogP contribution in [0.15, 0.2) is 66.0 Å². The first kappa shape index (κ1) is 25.5. The van der Waals surface area contributed by atoms with Crippen molar-refractivity contribution in [1.82, 2.24) is 9.80 Å². The van der Waals surface area contributed by atoms with Crippen molar-refractivity contribution in [2.45, 2.75) is 47.2 Å². The highest BCUT2D eigenvalue weighted by atomic mass is 32.1. The number of aryl methyl sites for hydroxylation is 1. The van der Waals surface area contributed by atoms with Crippen LogP contribution in [0.2, 0.25) is 0 Å². The van der Waals surface area contributed by atoms with Crippen molar-refractivity contribution in [3.8, 4) is 0 Å². The monoisotopic (exact) mass is 477 g/mol. The van der Waals surface area contributed by atoms with Crippen LogP contribution in [-0.2, 0) is 17.9 Å². The van der Waals surface area contributed by atoms with Crippen molar-refractivity contribution in [2.75, 3.05) is 18.4 Å². The third-order valence-electron chi connectivity index (χ3n) is 6.18. The molecule has 0 radical (unpaired) electrons. The zero-order valence-electron chi connectivity index (χ0n) is 20.6. The van der Waals surface area contributed by atoms with Crippen molar-refractivity contribution in [1.29, 1.82) is 0 Å². The lowest BCUT2D eigenvalue weighted by atomic mass is 10.1. The normalized spacial score (nSPS) is 11.6. The number of thiophene rings is 1. The molecule has 1 unspecified atom stereocenters. The molecule has 1 heterocycles. The lowest BCUT2D eigenvalue weighted by Gasteiger charge is -2.29. The van der Waals surface area contributed by atoms with Gasteiger partial charge in [-0.3, -0.25) is 4.79 Å². The first-order chi connectivity index (χ1) is 16.4. The predicted molar refractivity (Wildman–Crippen MR) is 141 cm³/mol. The van der Waals surface area contributed by atoms with Crippen molar-refractivity contribution < 1.29 is 9.59 Å². The molecule has 3 amide bonds. The summed E-state index contributed by atoms with van der Waals surface area (Å²) in [6.07, 6.45) is 0.935. The fourth-order valence-electron chi connectivity index (χ4n) is 3.70. The summed E-state index contributed by atoms with van der Waals surface area (Å²) in [5, 5.41) is 5.06. The Balaban J connectivity index is 1.79. The highest BCUT2D eigenvalue weighted by Crippen LogP contribution is 2.20. The molecule has 5 nitrogen and oxygen atoms in total. The van der Waals surface area contributed by atoms with Gasteiger partial charge in [-0.25, -0.2) is 4.79 Å². The van der Waals surface area contributed by atoms with E-state index in [1.807, 2.05) is 84.8 Å². The van der Waals surface area contributed by atoms with Crippen LogP contribution in [0.4, 0.5) is 10.5 Å². The minimum absolute atomic E-state index is 0.0409. The number of hydrogen-bond acceptors (Lipinski definition) is 3. The largest absolute Gasteiger partial charge is 0.332 e. The number of carbonyl (C=O) groups excluding carboxylic acids is 2. The summed E-state index contributed by atoms with van der Waals surface area (Å²) in [6, 6.07) is 19.7. The molecule has 0 aliphatic rings. The highest BCUT2D eigenvalue weighted by Gasteiger charge is 2.24. The molecule has 0 spiro atoms. The topological polar surface area (TPSA) is 52.7 Å². The van der Waals surface area contributed by atoms with Gasteiger partial charge in [0.15, 0.2) is 0 Å². The van der Waals surface area contributed by atoms with Crippen molar-refractivity contribution in [3.63, 3.8) is 0 Å². The van der Waals surface area contributed by atoms with E-state index in [2.05, 4.69) is 19.2 Å². The number of nitrogens with zero attached hydrogens (tertiary/aromatic N) is 2. The van der Waals surface area contributed by atoms with Gasteiger partial charge in [0.05, 0.1) is 6.54 Å². The van der Waals surface area contributed by atoms with Gasteiger partial charge in [-0.2, -0.15) is 0 Å². The highest BCUT2D eigenvalue weighted by molar-refractivity contribution is 7.09. The number of hydrogen-bond donors (Lipinski definition) is 1. The third-order valence-corrected chi connectivity index (χ3v) is 7.05. The molecule has 6 heteroatoms. The van der Waals surface area contributed by atoms with E-state index in [1.165, 1.54) is 0 Å². The quantitative estimate of drug-likeness (QED) is 0.364. The van der Waals surface area contributed by atoms with Crippen LogP contribution in [0.25, 0.3) is 0 Å². The van der Waals surface area contributed by atoms with Crippen molar-refractivity contribution in [2.24, 2.45) is 5.92 Å². The number of amides is 3. The summed E-state index contributed by atoms with van der Waals surface area (Å²) in [5.74, 6) is 0.230. The van der Waals surface area contributed by atoms with Gasteiger partial charge in [0, 0.05) is 23.7 Å². The second kappa shape index (κ2) is 12.4. The number of benzene rings is 2. The lowest BCUT2D eigenvalue weighted by molar-refractivity contribution is -0.133. The maximum Gasteiger partial charge on any atom is 0.322 e. The zero-order chi connectivity index (χ0) is 24.5. The Bertz CT molecular complexity index is 1070. The smallest absolute Gasteiger partial charge is 0.322 e. The number of nitrogens with one attached hydrogen (secondary N) is 1. The molecule has 3 rings (SSSR count). The summed E-state index contributed by atoms with van der Waals surface area (Å²) < 4.78 is 0. The number of rotatable bonds is 10. The van der Waals surface area contributed by atoms with E-state index in [0.717, 1.165) is 33.7 Å². The van der Waals surface area contributed by atoms with E-state index >= 15 is 0 Å². The summed E-state index contributed by atoms with van der Waals surface area (Å²) in [6.45, 7) is 9.84. The number of urea groups is 1. The van der Waals surface area contributed by atoms with Crippen molar-refractivity contribution >= 4 is 29.0 Å². The maximum atomic E-state index is 13.5. The molecule has 0 fully saturated rings. The Morgan fingerprint density at radius 2 is 1.71 bits per heavy atom. The third kappa shape index (κ3) is 7.19. The van der Waals surface area contributed by atoms with E-state index < -0.39 is 0 Å². The Kier molecular flexibility index (Phi) is 9.28. The minimum atomic E-state index is -0.238. The van der Waals surface area contributed by atoms with Gasteiger partial charge >= 0.3 is 6.03 Å². The van der Waals surface area contributed by atoms with Crippen LogP contribution in [0.5, 0.6) is 0 Å². The maximum absolute atomic E-state index is 13.5. The standard InChI is InChI=1S/C28H35N3O2S/c1-5-21(2)17-31(28(33)29-26-15-9-11-22(3)23(26)4)20-27(32)30(19-25-14-10-16-34-25)18-24-12-7-6-8-13-24/h6-16,21H,5,17-20H2,1-4H3,(H,29,33). The van der Waals surface area contributed by atoms with E-state index in [9.17, 15) is 9.59 Å². The molecule has 0 saturated heterocycles. The second-order valence-corrected chi connectivity index (χ2v) is 9.92. The molecular formula is C28H35N3O2S. The van der Waals surface area contributed by atoms with E-state index in [0.29, 0.717) is 19.6 Å². The molecule has 1 atom stereocenters. The van der Waals surface area contributed by atoms with Crippen molar-refractivity contribution in [3.05, 3.63) is 87.6 Å². The van der Waals surface area contributed by atoms with Crippen LogP contribution in [0.1, 0.15) is 41.8 Å². The van der Waals surface area contributed by atoms with Crippen LogP contribution >= 0.6 is 11.3 Å². The second-order valence-electron chi connectivity index (χ2n) is 8.89. The van der Waals surface area contributed by atoms with Gasteiger partial charge in [0.2, 0.25) is 5.91 Å². The van der Waals surface area contributed by atoms with Gasteiger partial charge in [0.25, 0.3) is 0 Å². The summed E-state index contributed by atoms with van der Waals surface area (Å²) in [7, 11) is 0. The average molecular weight is 478 g/mol. The van der Waals surface area contributed by atoms with Gasteiger partial charge < -0.3 is 15.1 Å². The SMILES string of the molecule is CCC(C)CN(CC(=O)N(Cc1ccccc1)Cc1cccs1)C(=O)Nc1cccc(C)c1C. The molecule has 34 heavy (non-hydrogen) atoms. The molecule has 0 saturated carbocycles.